The topological polar surface area (TPSA) is 63.9 Å². The fourth-order valence-corrected chi connectivity index (χ4v) is 1.63. The molecular weight excluding hydrogens is 166 g/mol. The Morgan fingerprint density at radius 1 is 1.45 bits per heavy atom. The molecule has 3 unspecified atom stereocenters. The van der Waals surface area contributed by atoms with Crippen LogP contribution in [0.4, 0.5) is 0 Å². The number of aliphatic hydroxyl groups is 3. The highest BCUT2D eigenvalue weighted by Crippen LogP contribution is 2.24. The first-order valence-corrected chi connectivity index (χ1v) is 4.09. The van der Waals surface area contributed by atoms with Gasteiger partial charge < -0.3 is 15.3 Å². The lowest BCUT2D eigenvalue weighted by atomic mass is 10.3. The molecule has 1 fully saturated rings. The summed E-state index contributed by atoms with van der Waals surface area (Å²) in [6.45, 7) is 0.230. The van der Waals surface area contributed by atoms with Gasteiger partial charge in [-0.3, -0.25) is 0 Å². The maximum Gasteiger partial charge on any atom is 0.121 e. The largest absolute Gasteiger partial charge is 0.395 e. The van der Waals surface area contributed by atoms with Crippen molar-refractivity contribution in [1.82, 2.24) is 4.90 Å². The minimum absolute atomic E-state index is 0.0609. The van der Waals surface area contributed by atoms with Crippen LogP contribution in [0.25, 0.3) is 0 Å². The van der Waals surface area contributed by atoms with E-state index in [0.717, 1.165) is 0 Å². The third-order valence-electron chi connectivity index (χ3n) is 1.88. The molecule has 4 nitrogen and oxygen atoms in total. The molecule has 0 aliphatic carbocycles. The molecule has 0 radical (unpaired) electrons. The number of thiol groups is 1. The summed E-state index contributed by atoms with van der Waals surface area (Å²) >= 11 is 4.07. The number of nitrogens with zero attached hydrogens (tertiary/aromatic N) is 1. The van der Waals surface area contributed by atoms with Gasteiger partial charge in [0.25, 0.3) is 0 Å². The fraction of sp³-hybridized carbons (Fsp3) is 1.00. The van der Waals surface area contributed by atoms with E-state index in [4.69, 9.17) is 5.11 Å². The second-order valence-electron chi connectivity index (χ2n) is 2.66. The van der Waals surface area contributed by atoms with Crippen molar-refractivity contribution in [2.45, 2.75) is 24.1 Å². The van der Waals surface area contributed by atoms with Gasteiger partial charge in [-0.1, -0.05) is 0 Å². The molecular formula is C6H13NO3S. The number of β-amino-alcohol motifs (C(OH)–C–C–N with tert-alkyl or cyclic N) is 1. The highest BCUT2D eigenvalue weighted by molar-refractivity contribution is 7.81. The molecule has 0 aromatic heterocycles. The quantitative estimate of drug-likeness (QED) is 0.395. The molecule has 1 aliphatic rings. The lowest BCUT2D eigenvalue weighted by molar-refractivity contribution is -0.0585. The Hall–Kier alpha value is 0.190. The van der Waals surface area contributed by atoms with E-state index in [1.54, 1.807) is 0 Å². The lowest BCUT2D eigenvalue weighted by Gasteiger charge is -2.22. The van der Waals surface area contributed by atoms with E-state index in [0.29, 0.717) is 13.0 Å². The molecule has 3 atom stereocenters. The van der Waals surface area contributed by atoms with Crippen molar-refractivity contribution in [2.24, 2.45) is 0 Å². The summed E-state index contributed by atoms with van der Waals surface area (Å²) in [5, 5.41) is 27.0. The summed E-state index contributed by atoms with van der Waals surface area (Å²) in [6, 6.07) is 0. The standard InChI is InChI=1S/C6H13NO3S/c8-2-1-7-5(9)3-4(11)6(7)10/h4-6,8-11H,1-3H2. The van der Waals surface area contributed by atoms with Crippen LogP contribution in [0, 0.1) is 0 Å². The van der Waals surface area contributed by atoms with Gasteiger partial charge in [-0.05, 0) is 0 Å². The minimum Gasteiger partial charge on any atom is -0.395 e. The van der Waals surface area contributed by atoms with Crippen LogP contribution >= 0.6 is 12.6 Å². The Morgan fingerprint density at radius 2 is 2.09 bits per heavy atom. The molecule has 1 aliphatic heterocycles. The number of aliphatic hydroxyl groups excluding tert-OH is 3. The molecule has 1 saturated heterocycles. The predicted octanol–water partition coefficient (Wildman–Crippen LogP) is -1.38. The van der Waals surface area contributed by atoms with Crippen molar-refractivity contribution >= 4 is 12.6 Å². The second-order valence-corrected chi connectivity index (χ2v) is 3.32. The van der Waals surface area contributed by atoms with E-state index in [1.165, 1.54) is 4.90 Å². The zero-order valence-corrected chi connectivity index (χ0v) is 6.98. The SMILES string of the molecule is OCCN1C(O)CC(S)C1O. The zero-order valence-electron chi connectivity index (χ0n) is 6.09. The molecule has 1 heterocycles. The molecule has 1 rings (SSSR count). The summed E-state index contributed by atoms with van der Waals surface area (Å²) in [4.78, 5) is 1.43. The van der Waals surface area contributed by atoms with Crippen molar-refractivity contribution in [3.63, 3.8) is 0 Å². The molecule has 0 amide bonds. The fourth-order valence-electron chi connectivity index (χ4n) is 1.27. The van der Waals surface area contributed by atoms with Crippen LogP contribution in [-0.2, 0) is 0 Å². The first kappa shape index (κ1) is 9.28. The molecule has 0 aromatic rings. The van der Waals surface area contributed by atoms with Crippen molar-refractivity contribution in [3.05, 3.63) is 0 Å². The van der Waals surface area contributed by atoms with Crippen LogP contribution in [0.3, 0.4) is 0 Å². The Morgan fingerprint density at radius 3 is 2.45 bits per heavy atom. The summed E-state index contributed by atoms with van der Waals surface area (Å²) in [5.74, 6) is 0. The highest BCUT2D eigenvalue weighted by Gasteiger charge is 2.36. The molecule has 11 heavy (non-hydrogen) atoms. The summed E-state index contributed by atoms with van der Waals surface area (Å²) < 4.78 is 0. The van der Waals surface area contributed by atoms with Gasteiger partial charge in [0.15, 0.2) is 0 Å². The molecule has 0 bridgehead atoms. The van der Waals surface area contributed by atoms with Gasteiger partial charge >= 0.3 is 0 Å². The number of likely N-dealkylation sites (tertiary alicyclic amines) is 1. The molecule has 66 valence electrons. The Labute approximate surface area is 70.9 Å². The van der Waals surface area contributed by atoms with E-state index < -0.39 is 12.5 Å². The van der Waals surface area contributed by atoms with Crippen molar-refractivity contribution in [2.75, 3.05) is 13.2 Å². The second kappa shape index (κ2) is 3.73. The summed E-state index contributed by atoms with van der Waals surface area (Å²) in [6.07, 6.45) is -0.954. The molecule has 0 spiro atoms. The van der Waals surface area contributed by atoms with Crippen molar-refractivity contribution in [3.8, 4) is 0 Å². The third-order valence-corrected chi connectivity index (χ3v) is 2.35. The van der Waals surface area contributed by atoms with Crippen LogP contribution in [-0.4, -0.2) is 51.1 Å². The Bertz CT molecular complexity index is 135. The van der Waals surface area contributed by atoms with Gasteiger partial charge in [0, 0.05) is 18.2 Å². The van der Waals surface area contributed by atoms with Crippen molar-refractivity contribution < 1.29 is 15.3 Å². The van der Waals surface area contributed by atoms with E-state index >= 15 is 0 Å². The molecule has 0 saturated carbocycles. The summed E-state index contributed by atoms with van der Waals surface area (Å²) in [7, 11) is 0. The molecule has 0 aromatic carbocycles. The Balaban J connectivity index is 2.49. The van der Waals surface area contributed by atoms with Gasteiger partial charge in [0.1, 0.15) is 12.5 Å². The van der Waals surface area contributed by atoms with Crippen LogP contribution in [0.1, 0.15) is 6.42 Å². The number of rotatable bonds is 2. The number of hydrogen-bond acceptors (Lipinski definition) is 5. The lowest BCUT2D eigenvalue weighted by Crippen LogP contribution is -2.39. The molecule has 3 N–H and O–H groups in total. The average molecular weight is 179 g/mol. The normalized spacial score (nSPS) is 39.8. The zero-order chi connectivity index (χ0) is 8.43. The van der Waals surface area contributed by atoms with E-state index in [-0.39, 0.29) is 11.9 Å². The predicted molar refractivity (Wildman–Crippen MR) is 43.2 cm³/mol. The first-order valence-electron chi connectivity index (χ1n) is 3.57. The van der Waals surface area contributed by atoms with Gasteiger partial charge in [0.2, 0.25) is 0 Å². The highest BCUT2D eigenvalue weighted by atomic mass is 32.1. The summed E-state index contributed by atoms with van der Waals surface area (Å²) in [5.41, 5.74) is 0. The van der Waals surface area contributed by atoms with Crippen LogP contribution in [0.15, 0.2) is 0 Å². The monoisotopic (exact) mass is 179 g/mol. The minimum atomic E-state index is -0.736. The first-order chi connectivity index (χ1) is 5.16. The van der Waals surface area contributed by atoms with Gasteiger partial charge in [0.05, 0.1) is 6.61 Å². The van der Waals surface area contributed by atoms with E-state index in [2.05, 4.69) is 12.6 Å². The van der Waals surface area contributed by atoms with Crippen LogP contribution in [0.5, 0.6) is 0 Å². The Kier molecular flexibility index (Phi) is 3.15. The van der Waals surface area contributed by atoms with Gasteiger partial charge in [-0.2, -0.15) is 12.6 Å². The van der Waals surface area contributed by atoms with Crippen molar-refractivity contribution in [1.29, 1.82) is 0 Å². The van der Waals surface area contributed by atoms with Gasteiger partial charge in [-0.15, -0.1) is 0 Å². The molecule has 5 heteroatoms. The average Bonchev–Trinajstić information content (AvgIpc) is 2.17. The van der Waals surface area contributed by atoms with Gasteiger partial charge in [-0.25, -0.2) is 4.90 Å². The number of hydrogen-bond donors (Lipinski definition) is 4. The maximum absolute atomic E-state index is 9.34. The third kappa shape index (κ3) is 1.86. The maximum atomic E-state index is 9.34. The van der Waals surface area contributed by atoms with Crippen LogP contribution in [0.2, 0.25) is 0 Å². The van der Waals surface area contributed by atoms with Crippen LogP contribution < -0.4 is 0 Å². The smallest absolute Gasteiger partial charge is 0.121 e. The van der Waals surface area contributed by atoms with E-state index in [9.17, 15) is 10.2 Å². The van der Waals surface area contributed by atoms with E-state index in [1.807, 2.05) is 0 Å².